The standard InChI is InChI=1S/C18H23BrN4O/c1-13(2)10-22-6-7-23-11-16(21-17(23)12-22)18(24)20-9-14-4-3-5-15(19)8-14/h3-5,8,11,13H,6-7,9-10,12H2,1-2H3,(H,20,24). The largest absolute Gasteiger partial charge is 0.347 e. The first-order valence-corrected chi connectivity index (χ1v) is 9.11. The van der Waals surface area contributed by atoms with Crippen molar-refractivity contribution in [3.05, 3.63) is 52.0 Å². The molecule has 6 heteroatoms. The first-order valence-electron chi connectivity index (χ1n) is 8.32. The number of carbonyl (C=O) groups is 1. The van der Waals surface area contributed by atoms with Gasteiger partial charge in [-0.15, -0.1) is 0 Å². The van der Waals surface area contributed by atoms with Crippen LogP contribution in [0.5, 0.6) is 0 Å². The van der Waals surface area contributed by atoms with Crippen molar-refractivity contribution in [2.75, 3.05) is 13.1 Å². The number of fused-ring (bicyclic) bond motifs is 1. The van der Waals surface area contributed by atoms with E-state index in [0.717, 1.165) is 42.0 Å². The van der Waals surface area contributed by atoms with Crippen molar-refractivity contribution in [2.24, 2.45) is 5.92 Å². The van der Waals surface area contributed by atoms with Crippen LogP contribution in [-0.4, -0.2) is 33.4 Å². The number of nitrogens with one attached hydrogen (secondary N) is 1. The molecule has 128 valence electrons. The fourth-order valence-corrected chi connectivity index (χ4v) is 3.45. The van der Waals surface area contributed by atoms with Crippen molar-refractivity contribution in [3.63, 3.8) is 0 Å². The van der Waals surface area contributed by atoms with Gasteiger partial charge < -0.3 is 9.88 Å². The fraction of sp³-hybridized carbons (Fsp3) is 0.444. The Hall–Kier alpha value is -1.66. The van der Waals surface area contributed by atoms with Gasteiger partial charge in [0.2, 0.25) is 0 Å². The Bertz CT molecular complexity index is 726. The third-order valence-electron chi connectivity index (χ3n) is 4.08. The van der Waals surface area contributed by atoms with Gasteiger partial charge in [0.25, 0.3) is 5.91 Å². The molecule has 0 fully saturated rings. The molecule has 1 aromatic carbocycles. The minimum Gasteiger partial charge on any atom is -0.347 e. The molecule has 1 aromatic heterocycles. The van der Waals surface area contributed by atoms with E-state index in [2.05, 4.69) is 49.5 Å². The van der Waals surface area contributed by atoms with Crippen LogP contribution < -0.4 is 5.32 Å². The maximum Gasteiger partial charge on any atom is 0.271 e. The van der Waals surface area contributed by atoms with Gasteiger partial charge in [-0.3, -0.25) is 9.69 Å². The Labute approximate surface area is 151 Å². The minimum absolute atomic E-state index is 0.118. The fourth-order valence-electron chi connectivity index (χ4n) is 3.00. The van der Waals surface area contributed by atoms with Crippen LogP contribution in [0.25, 0.3) is 0 Å². The van der Waals surface area contributed by atoms with Crippen LogP contribution in [0.4, 0.5) is 0 Å². The average Bonchev–Trinajstić information content (AvgIpc) is 2.95. The first-order chi connectivity index (χ1) is 11.5. The van der Waals surface area contributed by atoms with Gasteiger partial charge in [0.15, 0.2) is 0 Å². The molecule has 3 rings (SSSR count). The molecule has 1 aliphatic heterocycles. The molecule has 0 saturated carbocycles. The second-order valence-corrected chi connectivity index (χ2v) is 7.59. The number of nitrogens with zero attached hydrogens (tertiary/aromatic N) is 3. The summed E-state index contributed by atoms with van der Waals surface area (Å²) in [7, 11) is 0. The van der Waals surface area contributed by atoms with Gasteiger partial charge in [-0.1, -0.05) is 41.9 Å². The molecule has 1 amide bonds. The molecule has 0 saturated heterocycles. The van der Waals surface area contributed by atoms with Gasteiger partial charge in [-0.2, -0.15) is 0 Å². The normalized spacial score (nSPS) is 14.7. The lowest BCUT2D eigenvalue weighted by molar-refractivity contribution is 0.0946. The summed E-state index contributed by atoms with van der Waals surface area (Å²) < 4.78 is 3.11. The van der Waals surface area contributed by atoms with E-state index in [1.54, 1.807) is 0 Å². The predicted molar refractivity (Wildman–Crippen MR) is 97.7 cm³/mol. The van der Waals surface area contributed by atoms with Crippen molar-refractivity contribution >= 4 is 21.8 Å². The van der Waals surface area contributed by atoms with Crippen LogP contribution in [0, 0.1) is 5.92 Å². The maximum absolute atomic E-state index is 12.4. The van der Waals surface area contributed by atoms with Crippen LogP contribution in [0.3, 0.4) is 0 Å². The number of carbonyl (C=O) groups excluding carboxylic acids is 1. The topological polar surface area (TPSA) is 50.2 Å². The quantitative estimate of drug-likeness (QED) is 0.853. The average molecular weight is 391 g/mol. The van der Waals surface area contributed by atoms with Crippen molar-refractivity contribution in [3.8, 4) is 0 Å². The van der Waals surface area contributed by atoms with Crippen LogP contribution in [0.1, 0.15) is 35.7 Å². The van der Waals surface area contributed by atoms with E-state index in [1.807, 2.05) is 30.5 Å². The monoisotopic (exact) mass is 390 g/mol. The molecule has 0 unspecified atom stereocenters. The van der Waals surface area contributed by atoms with Gasteiger partial charge >= 0.3 is 0 Å². The van der Waals surface area contributed by atoms with E-state index in [4.69, 9.17) is 0 Å². The van der Waals surface area contributed by atoms with Gasteiger partial charge in [-0.25, -0.2) is 4.98 Å². The molecule has 0 atom stereocenters. The number of hydrogen-bond donors (Lipinski definition) is 1. The molecule has 0 bridgehead atoms. The highest BCUT2D eigenvalue weighted by atomic mass is 79.9. The third-order valence-corrected chi connectivity index (χ3v) is 4.57. The number of amides is 1. The van der Waals surface area contributed by atoms with Gasteiger partial charge in [0.05, 0.1) is 6.54 Å². The summed E-state index contributed by atoms with van der Waals surface area (Å²) in [5.41, 5.74) is 1.57. The van der Waals surface area contributed by atoms with Crippen molar-refractivity contribution in [2.45, 2.75) is 33.5 Å². The second kappa shape index (κ2) is 7.49. The Morgan fingerprint density at radius 3 is 2.96 bits per heavy atom. The number of hydrogen-bond acceptors (Lipinski definition) is 3. The summed E-state index contributed by atoms with van der Waals surface area (Å²) >= 11 is 3.44. The molecule has 0 radical (unpaired) electrons. The smallest absolute Gasteiger partial charge is 0.271 e. The summed E-state index contributed by atoms with van der Waals surface area (Å²) in [6.07, 6.45) is 1.87. The van der Waals surface area contributed by atoms with Crippen LogP contribution in [0.15, 0.2) is 34.9 Å². The molecule has 0 spiro atoms. The Kier molecular flexibility index (Phi) is 5.36. The first kappa shape index (κ1) is 17.2. The molecule has 0 aliphatic carbocycles. The van der Waals surface area contributed by atoms with Crippen LogP contribution >= 0.6 is 15.9 Å². The van der Waals surface area contributed by atoms with E-state index < -0.39 is 0 Å². The van der Waals surface area contributed by atoms with E-state index in [1.165, 1.54) is 0 Å². The van der Waals surface area contributed by atoms with Gasteiger partial charge in [0.1, 0.15) is 11.5 Å². The SMILES string of the molecule is CC(C)CN1CCn2cc(C(=O)NCc3cccc(Br)c3)nc2C1. The lowest BCUT2D eigenvalue weighted by atomic mass is 10.2. The number of rotatable bonds is 5. The van der Waals surface area contributed by atoms with Gasteiger partial charge in [0, 0.05) is 36.8 Å². The van der Waals surface area contributed by atoms with Gasteiger partial charge in [-0.05, 0) is 23.6 Å². The second-order valence-electron chi connectivity index (χ2n) is 6.68. The summed E-state index contributed by atoms with van der Waals surface area (Å²) in [5.74, 6) is 1.50. The van der Waals surface area contributed by atoms with E-state index in [-0.39, 0.29) is 5.91 Å². The zero-order valence-electron chi connectivity index (χ0n) is 14.1. The minimum atomic E-state index is -0.118. The highest BCUT2D eigenvalue weighted by Crippen LogP contribution is 2.15. The Morgan fingerprint density at radius 2 is 2.21 bits per heavy atom. The van der Waals surface area contributed by atoms with E-state index in [9.17, 15) is 4.79 Å². The molecular formula is C18H23BrN4O. The Morgan fingerprint density at radius 1 is 1.38 bits per heavy atom. The molecule has 1 N–H and O–H groups in total. The summed E-state index contributed by atoms with van der Waals surface area (Å²) in [6.45, 7) is 8.74. The van der Waals surface area contributed by atoms with E-state index in [0.29, 0.717) is 18.2 Å². The number of aromatic nitrogens is 2. The molecular weight excluding hydrogens is 368 g/mol. The maximum atomic E-state index is 12.4. The molecule has 2 aromatic rings. The lowest BCUT2D eigenvalue weighted by Crippen LogP contribution is -2.35. The lowest BCUT2D eigenvalue weighted by Gasteiger charge is -2.28. The third kappa shape index (κ3) is 4.24. The summed E-state index contributed by atoms with van der Waals surface area (Å²) in [6, 6.07) is 7.93. The van der Waals surface area contributed by atoms with Crippen LogP contribution in [0.2, 0.25) is 0 Å². The van der Waals surface area contributed by atoms with E-state index >= 15 is 0 Å². The van der Waals surface area contributed by atoms with Crippen molar-refractivity contribution < 1.29 is 4.79 Å². The molecule has 5 nitrogen and oxygen atoms in total. The predicted octanol–water partition coefficient (Wildman–Crippen LogP) is 3.05. The van der Waals surface area contributed by atoms with Crippen molar-refractivity contribution in [1.29, 1.82) is 0 Å². The zero-order valence-corrected chi connectivity index (χ0v) is 15.7. The highest BCUT2D eigenvalue weighted by Gasteiger charge is 2.21. The highest BCUT2D eigenvalue weighted by molar-refractivity contribution is 9.10. The molecule has 1 aliphatic rings. The van der Waals surface area contributed by atoms with Crippen LogP contribution in [-0.2, 0) is 19.6 Å². The number of benzene rings is 1. The zero-order chi connectivity index (χ0) is 17.1. The summed E-state index contributed by atoms with van der Waals surface area (Å²) in [5, 5.41) is 2.95. The summed E-state index contributed by atoms with van der Waals surface area (Å²) in [4.78, 5) is 19.3. The Balaban J connectivity index is 1.62. The number of halogens is 1. The number of imidazole rings is 1. The molecule has 24 heavy (non-hydrogen) atoms. The van der Waals surface area contributed by atoms with Crippen molar-refractivity contribution in [1.82, 2.24) is 19.8 Å². The molecule has 2 heterocycles.